The molecule has 0 spiro atoms. The maximum Gasteiger partial charge on any atom is 0.195 e. The number of H-pyrrole nitrogens is 1. The first-order valence-corrected chi connectivity index (χ1v) is 8.21. The average molecular weight is 309 g/mol. The molecule has 0 saturated carbocycles. The van der Waals surface area contributed by atoms with E-state index in [4.69, 9.17) is 17.2 Å². The van der Waals surface area contributed by atoms with E-state index in [1.54, 1.807) is 11.3 Å². The van der Waals surface area contributed by atoms with Crippen molar-refractivity contribution in [3.8, 4) is 11.5 Å². The lowest BCUT2D eigenvalue weighted by Gasteiger charge is -2.29. The van der Waals surface area contributed by atoms with Crippen molar-refractivity contribution in [2.75, 3.05) is 13.1 Å². The first-order chi connectivity index (χ1) is 9.63. The Morgan fingerprint density at radius 3 is 3.10 bits per heavy atom. The Morgan fingerprint density at radius 2 is 2.40 bits per heavy atom. The summed E-state index contributed by atoms with van der Waals surface area (Å²) in [6.45, 7) is 5.64. The quantitative estimate of drug-likeness (QED) is 0.886. The number of hydrogen-bond donors (Lipinski definition) is 1. The normalized spacial score (nSPS) is 20.4. The third-order valence-electron chi connectivity index (χ3n) is 3.76. The van der Waals surface area contributed by atoms with Gasteiger partial charge in [0.05, 0.1) is 6.54 Å². The van der Waals surface area contributed by atoms with Gasteiger partial charge >= 0.3 is 0 Å². The molecule has 7 heteroatoms. The molecule has 20 heavy (non-hydrogen) atoms. The highest BCUT2D eigenvalue weighted by Gasteiger charge is 2.18. The van der Waals surface area contributed by atoms with E-state index in [1.807, 2.05) is 11.6 Å². The molecule has 0 radical (unpaired) electrons. The van der Waals surface area contributed by atoms with E-state index >= 15 is 0 Å². The second kappa shape index (κ2) is 5.75. The van der Waals surface area contributed by atoms with Gasteiger partial charge in [-0.25, -0.2) is 4.98 Å². The summed E-state index contributed by atoms with van der Waals surface area (Å²) >= 11 is 6.84. The number of likely N-dealkylation sites (tertiary alicyclic amines) is 1. The summed E-state index contributed by atoms with van der Waals surface area (Å²) in [5, 5.41) is 10.3. The van der Waals surface area contributed by atoms with Crippen molar-refractivity contribution in [2.24, 2.45) is 13.0 Å². The van der Waals surface area contributed by atoms with Crippen molar-refractivity contribution in [3.63, 3.8) is 0 Å². The fourth-order valence-electron chi connectivity index (χ4n) is 2.68. The Balaban J connectivity index is 1.74. The summed E-state index contributed by atoms with van der Waals surface area (Å²) in [7, 11) is 1.91. The van der Waals surface area contributed by atoms with Crippen LogP contribution in [0.15, 0.2) is 5.38 Å². The standard InChI is InChI=1S/C13H19N5S2/c1-9-4-3-5-18(6-9)7-11-14-10(8-20-11)12-15-16-13(19)17(12)2/h8-9H,3-7H2,1-2H3,(H,16,19). The third-order valence-corrected chi connectivity index (χ3v) is 4.96. The zero-order chi connectivity index (χ0) is 14.1. The summed E-state index contributed by atoms with van der Waals surface area (Å²) in [5.74, 6) is 1.61. The summed E-state index contributed by atoms with van der Waals surface area (Å²) in [6, 6.07) is 0. The zero-order valence-electron chi connectivity index (χ0n) is 11.8. The highest BCUT2D eigenvalue weighted by molar-refractivity contribution is 7.71. The Kier molecular flexibility index (Phi) is 4.00. The Morgan fingerprint density at radius 1 is 1.55 bits per heavy atom. The van der Waals surface area contributed by atoms with Crippen molar-refractivity contribution in [1.82, 2.24) is 24.6 Å². The molecule has 0 aliphatic carbocycles. The molecule has 1 unspecified atom stereocenters. The summed E-state index contributed by atoms with van der Waals surface area (Å²) in [6.07, 6.45) is 2.65. The molecule has 1 aliphatic rings. The fourth-order valence-corrected chi connectivity index (χ4v) is 3.63. The number of nitrogens with zero attached hydrogens (tertiary/aromatic N) is 4. The number of nitrogens with one attached hydrogen (secondary N) is 1. The van der Waals surface area contributed by atoms with Crippen LogP contribution in [0.5, 0.6) is 0 Å². The molecule has 1 atom stereocenters. The molecule has 1 fully saturated rings. The summed E-state index contributed by atoms with van der Waals surface area (Å²) in [5.41, 5.74) is 0.907. The molecular weight excluding hydrogens is 290 g/mol. The lowest BCUT2D eigenvalue weighted by molar-refractivity contribution is 0.176. The lowest BCUT2D eigenvalue weighted by atomic mass is 10.0. The number of thiazole rings is 1. The average Bonchev–Trinajstić information content (AvgIpc) is 2.98. The number of aromatic amines is 1. The Bertz CT molecular complexity index is 641. The molecule has 0 bridgehead atoms. The van der Waals surface area contributed by atoms with E-state index < -0.39 is 0 Å². The topological polar surface area (TPSA) is 49.7 Å². The van der Waals surface area contributed by atoms with Crippen LogP contribution in [0.25, 0.3) is 11.5 Å². The number of piperidine rings is 1. The smallest absolute Gasteiger partial charge is 0.195 e. The van der Waals surface area contributed by atoms with Crippen LogP contribution in [0.2, 0.25) is 0 Å². The summed E-state index contributed by atoms with van der Waals surface area (Å²) in [4.78, 5) is 7.20. The summed E-state index contributed by atoms with van der Waals surface area (Å²) < 4.78 is 2.48. The van der Waals surface area contributed by atoms with Gasteiger partial charge in [0.25, 0.3) is 0 Å². The third kappa shape index (κ3) is 2.84. The molecule has 3 rings (SSSR count). The number of aromatic nitrogens is 4. The van der Waals surface area contributed by atoms with E-state index in [0.717, 1.165) is 29.0 Å². The van der Waals surface area contributed by atoms with Crippen LogP contribution >= 0.6 is 23.6 Å². The van der Waals surface area contributed by atoms with Gasteiger partial charge in [-0.15, -0.1) is 11.3 Å². The molecule has 0 amide bonds. The molecule has 5 nitrogen and oxygen atoms in total. The minimum atomic E-state index is 0.624. The van der Waals surface area contributed by atoms with E-state index in [0.29, 0.717) is 4.77 Å². The van der Waals surface area contributed by atoms with Crippen LogP contribution < -0.4 is 0 Å². The molecule has 108 valence electrons. The van der Waals surface area contributed by atoms with Gasteiger partial charge in [0.15, 0.2) is 10.6 Å². The van der Waals surface area contributed by atoms with Gasteiger partial charge in [0.1, 0.15) is 10.7 Å². The molecular formula is C13H19N5S2. The first-order valence-electron chi connectivity index (χ1n) is 6.92. The van der Waals surface area contributed by atoms with Gasteiger partial charge in [0.2, 0.25) is 0 Å². The van der Waals surface area contributed by atoms with E-state index in [-0.39, 0.29) is 0 Å². The van der Waals surface area contributed by atoms with Crippen molar-refractivity contribution >= 4 is 23.6 Å². The van der Waals surface area contributed by atoms with Crippen LogP contribution in [0, 0.1) is 10.7 Å². The second-order valence-electron chi connectivity index (χ2n) is 5.52. The van der Waals surface area contributed by atoms with Gasteiger partial charge in [-0.05, 0) is 37.5 Å². The van der Waals surface area contributed by atoms with Gasteiger partial charge < -0.3 is 4.57 Å². The predicted octanol–water partition coefficient (Wildman–Crippen LogP) is 2.83. The zero-order valence-corrected chi connectivity index (χ0v) is 13.4. The number of rotatable bonds is 3. The molecule has 2 aromatic rings. The van der Waals surface area contributed by atoms with Crippen LogP contribution in [-0.4, -0.2) is 37.7 Å². The predicted molar refractivity (Wildman–Crippen MR) is 83.2 cm³/mol. The van der Waals surface area contributed by atoms with Gasteiger partial charge in [-0.1, -0.05) is 6.92 Å². The minimum Gasteiger partial charge on any atom is -0.302 e. The van der Waals surface area contributed by atoms with Crippen molar-refractivity contribution in [3.05, 3.63) is 15.2 Å². The second-order valence-corrected chi connectivity index (χ2v) is 6.85. The largest absolute Gasteiger partial charge is 0.302 e. The lowest BCUT2D eigenvalue weighted by Crippen LogP contribution is -2.33. The van der Waals surface area contributed by atoms with Gasteiger partial charge in [-0.2, -0.15) is 5.10 Å². The minimum absolute atomic E-state index is 0.624. The highest BCUT2D eigenvalue weighted by Crippen LogP contribution is 2.23. The first kappa shape index (κ1) is 13.9. The van der Waals surface area contributed by atoms with Gasteiger partial charge in [0, 0.05) is 19.0 Å². The van der Waals surface area contributed by atoms with E-state index in [9.17, 15) is 0 Å². The molecule has 1 N–H and O–H groups in total. The fraction of sp³-hybridized carbons (Fsp3) is 0.615. The Labute approximate surface area is 127 Å². The molecule has 3 heterocycles. The van der Waals surface area contributed by atoms with Crippen molar-refractivity contribution < 1.29 is 0 Å². The van der Waals surface area contributed by atoms with Crippen LogP contribution in [-0.2, 0) is 13.6 Å². The monoisotopic (exact) mass is 309 g/mol. The van der Waals surface area contributed by atoms with E-state index in [2.05, 4.69) is 27.4 Å². The van der Waals surface area contributed by atoms with Crippen LogP contribution in [0.1, 0.15) is 24.8 Å². The van der Waals surface area contributed by atoms with Gasteiger partial charge in [-0.3, -0.25) is 10.00 Å². The van der Waals surface area contributed by atoms with E-state index in [1.165, 1.54) is 25.9 Å². The molecule has 0 aromatic carbocycles. The van der Waals surface area contributed by atoms with Crippen molar-refractivity contribution in [1.29, 1.82) is 0 Å². The SMILES string of the molecule is CC1CCCN(Cc2nc(-c3n[nH]c(=S)n3C)cs2)C1. The van der Waals surface area contributed by atoms with Crippen LogP contribution in [0.4, 0.5) is 0 Å². The maximum absolute atomic E-state index is 5.14. The van der Waals surface area contributed by atoms with Crippen molar-refractivity contribution in [2.45, 2.75) is 26.3 Å². The molecule has 1 saturated heterocycles. The molecule has 2 aromatic heterocycles. The number of hydrogen-bond acceptors (Lipinski definition) is 5. The van der Waals surface area contributed by atoms with Crippen LogP contribution in [0.3, 0.4) is 0 Å². The highest BCUT2D eigenvalue weighted by atomic mass is 32.1. The molecule has 1 aliphatic heterocycles. The Hall–Kier alpha value is -1.05. The maximum atomic E-state index is 5.14.